The Balaban J connectivity index is 1.17. The maximum absolute atomic E-state index is 12.4. The lowest BCUT2D eigenvalue weighted by molar-refractivity contribution is 0.0649. The quantitative estimate of drug-likeness (QED) is 0.459. The van der Waals surface area contributed by atoms with E-state index in [-0.39, 0.29) is 11.8 Å². The topological polar surface area (TPSA) is 74.8 Å². The lowest BCUT2D eigenvalue weighted by atomic mass is 10.1. The molecule has 0 aliphatic carbocycles. The van der Waals surface area contributed by atoms with E-state index in [1.807, 2.05) is 18.3 Å². The largest absolute Gasteiger partial charge is 0.494 e. The number of hydrogen-bond donors (Lipinski definition) is 1. The highest BCUT2D eigenvalue weighted by molar-refractivity contribution is 6.21. The van der Waals surface area contributed by atoms with Crippen LogP contribution in [0.3, 0.4) is 0 Å². The lowest BCUT2D eigenvalue weighted by Crippen LogP contribution is -2.43. The Hall–Kier alpha value is -3.45. The van der Waals surface area contributed by atoms with Crippen LogP contribution in [0.5, 0.6) is 5.75 Å². The van der Waals surface area contributed by atoms with Crippen LogP contribution < -0.4 is 15.0 Å². The molecule has 2 aliphatic rings. The Morgan fingerprint density at radius 1 is 0.938 bits per heavy atom. The first kappa shape index (κ1) is 20.5. The third-order valence-electron chi connectivity index (χ3n) is 6.06. The SMILES string of the molecule is O=C1c2ccccc2C(=O)N1CCCCOc1ccc2ccnc(N3CCNCC3)c2c1. The van der Waals surface area contributed by atoms with Gasteiger partial charge in [-0.1, -0.05) is 18.2 Å². The molecule has 0 bridgehead atoms. The minimum atomic E-state index is -0.200. The van der Waals surface area contributed by atoms with E-state index in [9.17, 15) is 9.59 Å². The Morgan fingerprint density at radius 2 is 1.69 bits per heavy atom. The lowest BCUT2D eigenvalue weighted by Gasteiger charge is -2.29. The van der Waals surface area contributed by atoms with E-state index in [2.05, 4.69) is 27.3 Å². The van der Waals surface area contributed by atoms with Crippen LogP contribution in [0.2, 0.25) is 0 Å². The Kier molecular flexibility index (Phi) is 5.73. The molecule has 0 spiro atoms. The molecule has 7 nitrogen and oxygen atoms in total. The minimum absolute atomic E-state index is 0.200. The molecule has 0 radical (unpaired) electrons. The molecule has 1 N–H and O–H groups in total. The van der Waals surface area contributed by atoms with Gasteiger partial charge in [-0.05, 0) is 48.6 Å². The van der Waals surface area contributed by atoms with Crippen LogP contribution in [0.15, 0.2) is 54.7 Å². The smallest absolute Gasteiger partial charge is 0.261 e. The molecule has 0 saturated carbocycles. The van der Waals surface area contributed by atoms with Crippen molar-refractivity contribution < 1.29 is 14.3 Å². The number of hydrogen-bond acceptors (Lipinski definition) is 6. The molecule has 3 heterocycles. The van der Waals surface area contributed by atoms with Crippen LogP contribution in [0.25, 0.3) is 10.8 Å². The van der Waals surface area contributed by atoms with Crippen LogP contribution in [0.4, 0.5) is 5.82 Å². The van der Waals surface area contributed by atoms with Crippen LogP contribution in [0, 0.1) is 0 Å². The number of nitrogens with one attached hydrogen (secondary N) is 1. The molecule has 1 saturated heterocycles. The van der Waals surface area contributed by atoms with Gasteiger partial charge in [-0.25, -0.2) is 4.98 Å². The summed E-state index contributed by atoms with van der Waals surface area (Å²) < 4.78 is 5.99. The summed E-state index contributed by atoms with van der Waals surface area (Å²) in [6.07, 6.45) is 3.31. The minimum Gasteiger partial charge on any atom is -0.494 e. The van der Waals surface area contributed by atoms with E-state index in [0.29, 0.717) is 30.7 Å². The monoisotopic (exact) mass is 430 g/mol. The van der Waals surface area contributed by atoms with E-state index in [0.717, 1.165) is 54.9 Å². The van der Waals surface area contributed by atoms with Gasteiger partial charge in [-0.3, -0.25) is 14.5 Å². The number of ether oxygens (including phenoxy) is 1. The molecule has 0 unspecified atom stereocenters. The van der Waals surface area contributed by atoms with Gasteiger partial charge >= 0.3 is 0 Å². The fourth-order valence-corrected chi connectivity index (χ4v) is 4.35. The average Bonchev–Trinajstić information content (AvgIpc) is 3.09. The molecule has 7 heteroatoms. The van der Waals surface area contributed by atoms with Crippen molar-refractivity contribution in [2.24, 2.45) is 0 Å². The van der Waals surface area contributed by atoms with Crippen molar-refractivity contribution in [1.29, 1.82) is 0 Å². The van der Waals surface area contributed by atoms with E-state index in [1.54, 1.807) is 24.3 Å². The number of pyridine rings is 1. The van der Waals surface area contributed by atoms with Gasteiger partial charge in [0.2, 0.25) is 0 Å². The number of rotatable bonds is 7. The van der Waals surface area contributed by atoms with Gasteiger partial charge in [0.05, 0.1) is 17.7 Å². The third-order valence-corrected chi connectivity index (χ3v) is 6.06. The van der Waals surface area contributed by atoms with Crippen LogP contribution in [0.1, 0.15) is 33.6 Å². The standard InChI is InChI=1S/C25H26N4O3/c30-24-20-5-1-2-6-21(20)25(31)29(24)13-3-4-16-32-19-8-7-18-9-10-27-23(22(18)17-19)28-14-11-26-12-15-28/h1-2,5-10,17,26H,3-4,11-16H2. The Labute approximate surface area is 187 Å². The molecule has 32 heavy (non-hydrogen) atoms. The zero-order valence-corrected chi connectivity index (χ0v) is 17.9. The summed E-state index contributed by atoms with van der Waals surface area (Å²) in [4.78, 5) is 33.2. The molecule has 0 atom stereocenters. The summed E-state index contributed by atoms with van der Waals surface area (Å²) in [5, 5.41) is 5.62. The summed E-state index contributed by atoms with van der Waals surface area (Å²) in [7, 11) is 0. The molecule has 2 aromatic carbocycles. The summed E-state index contributed by atoms with van der Waals surface area (Å²) in [6, 6.07) is 15.1. The summed E-state index contributed by atoms with van der Waals surface area (Å²) in [5.41, 5.74) is 0.998. The second-order valence-corrected chi connectivity index (χ2v) is 8.12. The van der Waals surface area contributed by atoms with Crippen LogP contribution >= 0.6 is 0 Å². The molecule has 2 aliphatic heterocycles. The van der Waals surface area contributed by atoms with Crippen molar-refractivity contribution in [3.8, 4) is 5.75 Å². The highest BCUT2D eigenvalue weighted by Crippen LogP contribution is 2.29. The maximum atomic E-state index is 12.4. The third kappa shape index (κ3) is 3.91. The van der Waals surface area contributed by atoms with Crippen molar-refractivity contribution in [1.82, 2.24) is 15.2 Å². The van der Waals surface area contributed by atoms with E-state index < -0.39 is 0 Å². The second-order valence-electron chi connectivity index (χ2n) is 8.12. The van der Waals surface area contributed by atoms with Gasteiger partial charge in [0, 0.05) is 44.3 Å². The van der Waals surface area contributed by atoms with Crippen LogP contribution in [-0.2, 0) is 0 Å². The summed E-state index contributed by atoms with van der Waals surface area (Å²) in [6.45, 7) is 4.73. The predicted molar refractivity (Wildman–Crippen MR) is 123 cm³/mol. The number of piperazine rings is 1. The summed E-state index contributed by atoms with van der Waals surface area (Å²) in [5.74, 6) is 1.41. The molecule has 3 aromatic rings. The number of nitrogens with zero attached hydrogens (tertiary/aromatic N) is 3. The number of benzene rings is 2. The van der Waals surface area contributed by atoms with Crippen molar-refractivity contribution in [2.45, 2.75) is 12.8 Å². The van der Waals surface area contributed by atoms with Gasteiger partial charge in [0.25, 0.3) is 11.8 Å². The highest BCUT2D eigenvalue weighted by atomic mass is 16.5. The van der Waals surface area contributed by atoms with Gasteiger partial charge in [0.1, 0.15) is 11.6 Å². The van der Waals surface area contributed by atoms with Crippen LogP contribution in [-0.4, -0.2) is 61.0 Å². The number of imide groups is 1. The molecular weight excluding hydrogens is 404 g/mol. The van der Waals surface area contributed by atoms with Crippen molar-refractivity contribution in [3.63, 3.8) is 0 Å². The number of unbranched alkanes of at least 4 members (excludes halogenated alkanes) is 1. The molecule has 5 rings (SSSR count). The zero-order chi connectivity index (χ0) is 21.9. The normalized spacial score (nSPS) is 16.0. The number of amides is 2. The predicted octanol–water partition coefficient (Wildman–Crippen LogP) is 3.10. The molecule has 2 amide bonds. The van der Waals surface area contributed by atoms with Crippen molar-refractivity contribution >= 4 is 28.4 Å². The summed E-state index contributed by atoms with van der Waals surface area (Å²) >= 11 is 0. The number of aromatic nitrogens is 1. The first-order chi connectivity index (χ1) is 15.7. The van der Waals surface area contributed by atoms with E-state index >= 15 is 0 Å². The van der Waals surface area contributed by atoms with Crippen molar-refractivity contribution in [2.75, 3.05) is 44.2 Å². The second kappa shape index (κ2) is 8.96. The van der Waals surface area contributed by atoms with E-state index in [4.69, 9.17) is 4.74 Å². The Morgan fingerprint density at radius 3 is 2.44 bits per heavy atom. The van der Waals surface area contributed by atoms with Gasteiger partial charge < -0.3 is 15.0 Å². The average molecular weight is 431 g/mol. The number of carbonyl (C=O) groups excluding carboxylic acids is 2. The maximum Gasteiger partial charge on any atom is 0.261 e. The fourth-order valence-electron chi connectivity index (χ4n) is 4.35. The first-order valence-electron chi connectivity index (χ1n) is 11.1. The fraction of sp³-hybridized carbons (Fsp3) is 0.320. The van der Waals surface area contributed by atoms with Gasteiger partial charge in [0.15, 0.2) is 0 Å². The highest BCUT2D eigenvalue weighted by Gasteiger charge is 2.34. The molecule has 164 valence electrons. The zero-order valence-electron chi connectivity index (χ0n) is 17.9. The number of carbonyl (C=O) groups is 2. The van der Waals surface area contributed by atoms with Gasteiger partial charge in [-0.2, -0.15) is 0 Å². The molecule has 1 fully saturated rings. The van der Waals surface area contributed by atoms with Gasteiger partial charge in [-0.15, -0.1) is 0 Å². The first-order valence-corrected chi connectivity index (χ1v) is 11.1. The number of fused-ring (bicyclic) bond motifs is 2. The van der Waals surface area contributed by atoms with Crippen molar-refractivity contribution in [3.05, 3.63) is 65.9 Å². The molecular formula is C25H26N4O3. The Bertz CT molecular complexity index is 1120. The van der Waals surface area contributed by atoms with E-state index in [1.165, 1.54) is 4.90 Å². The molecule has 1 aromatic heterocycles. The number of anilines is 1.